The Kier molecular flexibility index (Phi) is 4.92. The molecule has 1 rings (SSSR count). The maximum Gasteiger partial charge on any atom is 0.253 e. The minimum atomic E-state index is -0.0751. The van der Waals surface area contributed by atoms with Gasteiger partial charge in [0.1, 0.15) is 0 Å². The second kappa shape index (κ2) is 6.23. The highest BCUT2D eigenvalue weighted by atomic mass is 16.1. The lowest BCUT2D eigenvalue weighted by atomic mass is 10.1. The second-order valence-electron chi connectivity index (χ2n) is 3.85. The van der Waals surface area contributed by atoms with Crippen LogP contribution in [0.25, 0.3) is 0 Å². The van der Waals surface area contributed by atoms with Crippen molar-refractivity contribution in [3.8, 4) is 0 Å². The molecule has 0 bridgehead atoms. The number of carbonyl (C=O) groups is 1. The fourth-order valence-electron chi connectivity index (χ4n) is 1.39. The number of aryl methyl sites for hydroxylation is 1. The largest absolute Gasteiger partial charge is 0.352 e. The molecular weight excluding hydrogens is 202 g/mol. The van der Waals surface area contributed by atoms with Crippen molar-refractivity contribution < 1.29 is 4.79 Å². The molecule has 0 spiro atoms. The van der Waals surface area contributed by atoms with E-state index in [2.05, 4.69) is 10.3 Å². The zero-order chi connectivity index (χ0) is 12.0. The number of pyridine rings is 1. The Morgan fingerprint density at radius 2 is 2.38 bits per heavy atom. The van der Waals surface area contributed by atoms with Gasteiger partial charge in [-0.1, -0.05) is 6.92 Å². The zero-order valence-corrected chi connectivity index (χ0v) is 9.86. The molecule has 1 heterocycles. The van der Waals surface area contributed by atoms with E-state index in [9.17, 15) is 4.79 Å². The molecule has 1 amide bonds. The van der Waals surface area contributed by atoms with Crippen LogP contribution in [0.4, 0.5) is 0 Å². The van der Waals surface area contributed by atoms with Gasteiger partial charge in [0.25, 0.3) is 5.91 Å². The fraction of sp³-hybridized carbons (Fsp3) is 0.500. The summed E-state index contributed by atoms with van der Waals surface area (Å²) in [7, 11) is 0. The van der Waals surface area contributed by atoms with Gasteiger partial charge in [0.15, 0.2) is 0 Å². The first-order valence-electron chi connectivity index (χ1n) is 5.60. The SMILES string of the molecule is CCC(N)CCNC(=O)c1cccnc1C. The van der Waals surface area contributed by atoms with Gasteiger partial charge in [-0.3, -0.25) is 9.78 Å². The van der Waals surface area contributed by atoms with Crippen LogP contribution >= 0.6 is 0 Å². The third-order valence-corrected chi connectivity index (χ3v) is 2.58. The topological polar surface area (TPSA) is 68.0 Å². The summed E-state index contributed by atoms with van der Waals surface area (Å²) in [5.74, 6) is -0.0751. The molecule has 0 aliphatic carbocycles. The van der Waals surface area contributed by atoms with Crippen LogP contribution in [0.15, 0.2) is 18.3 Å². The van der Waals surface area contributed by atoms with Crippen LogP contribution in [0, 0.1) is 6.92 Å². The van der Waals surface area contributed by atoms with E-state index in [4.69, 9.17) is 5.73 Å². The molecule has 0 radical (unpaired) electrons. The number of amides is 1. The van der Waals surface area contributed by atoms with Gasteiger partial charge in [0.2, 0.25) is 0 Å². The van der Waals surface area contributed by atoms with E-state index in [1.165, 1.54) is 0 Å². The van der Waals surface area contributed by atoms with Crippen LogP contribution in [0.2, 0.25) is 0 Å². The molecular formula is C12H19N3O. The molecule has 88 valence electrons. The Morgan fingerprint density at radius 3 is 3.00 bits per heavy atom. The summed E-state index contributed by atoms with van der Waals surface area (Å²) in [6, 6.07) is 3.70. The van der Waals surface area contributed by atoms with Gasteiger partial charge in [-0.15, -0.1) is 0 Å². The maximum atomic E-state index is 11.7. The predicted octanol–water partition coefficient (Wildman–Crippen LogP) is 1.25. The van der Waals surface area contributed by atoms with E-state index in [1.807, 2.05) is 13.8 Å². The van der Waals surface area contributed by atoms with Crippen molar-refractivity contribution in [2.75, 3.05) is 6.54 Å². The predicted molar refractivity (Wildman–Crippen MR) is 64.2 cm³/mol. The van der Waals surface area contributed by atoms with Gasteiger partial charge < -0.3 is 11.1 Å². The van der Waals surface area contributed by atoms with E-state index in [0.717, 1.165) is 18.5 Å². The lowest BCUT2D eigenvalue weighted by Gasteiger charge is -2.10. The number of aromatic nitrogens is 1. The third kappa shape index (κ3) is 3.62. The van der Waals surface area contributed by atoms with Gasteiger partial charge in [-0.05, 0) is 31.9 Å². The number of nitrogens with zero attached hydrogens (tertiary/aromatic N) is 1. The molecule has 0 aliphatic rings. The molecule has 0 saturated heterocycles. The zero-order valence-electron chi connectivity index (χ0n) is 9.86. The van der Waals surface area contributed by atoms with E-state index < -0.39 is 0 Å². The monoisotopic (exact) mass is 221 g/mol. The summed E-state index contributed by atoms with van der Waals surface area (Å²) in [5, 5.41) is 2.85. The van der Waals surface area contributed by atoms with E-state index in [1.54, 1.807) is 18.3 Å². The highest BCUT2D eigenvalue weighted by molar-refractivity contribution is 5.95. The molecule has 1 unspecified atom stereocenters. The molecule has 0 aliphatic heterocycles. The average Bonchev–Trinajstić information content (AvgIpc) is 2.29. The van der Waals surface area contributed by atoms with Crippen LogP contribution in [0.5, 0.6) is 0 Å². The van der Waals surface area contributed by atoms with Crippen LogP contribution < -0.4 is 11.1 Å². The molecule has 0 fully saturated rings. The number of nitrogens with one attached hydrogen (secondary N) is 1. The smallest absolute Gasteiger partial charge is 0.253 e. The molecule has 4 nitrogen and oxygen atoms in total. The molecule has 3 N–H and O–H groups in total. The molecule has 0 aromatic carbocycles. The minimum absolute atomic E-state index is 0.0751. The quantitative estimate of drug-likeness (QED) is 0.786. The Hall–Kier alpha value is -1.42. The summed E-state index contributed by atoms with van der Waals surface area (Å²) in [4.78, 5) is 15.8. The Morgan fingerprint density at radius 1 is 1.62 bits per heavy atom. The lowest BCUT2D eigenvalue weighted by Crippen LogP contribution is -2.30. The highest BCUT2D eigenvalue weighted by Crippen LogP contribution is 2.03. The van der Waals surface area contributed by atoms with Crippen LogP contribution in [-0.4, -0.2) is 23.5 Å². The lowest BCUT2D eigenvalue weighted by molar-refractivity contribution is 0.0951. The van der Waals surface area contributed by atoms with Crippen molar-refractivity contribution in [2.24, 2.45) is 5.73 Å². The minimum Gasteiger partial charge on any atom is -0.352 e. The van der Waals surface area contributed by atoms with Crippen LogP contribution in [0.3, 0.4) is 0 Å². The normalized spacial score (nSPS) is 12.2. The van der Waals surface area contributed by atoms with Gasteiger partial charge >= 0.3 is 0 Å². The van der Waals surface area contributed by atoms with Crippen LogP contribution in [-0.2, 0) is 0 Å². The van der Waals surface area contributed by atoms with Gasteiger partial charge in [0.05, 0.1) is 5.56 Å². The first-order chi connectivity index (χ1) is 7.65. The summed E-state index contributed by atoms with van der Waals surface area (Å²) in [5.41, 5.74) is 7.15. The van der Waals surface area contributed by atoms with Crippen LogP contribution in [0.1, 0.15) is 35.8 Å². The van der Waals surface area contributed by atoms with E-state index >= 15 is 0 Å². The fourth-order valence-corrected chi connectivity index (χ4v) is 1.39. The van der Waals surface area contributed by atoms with Crippen molar-refractivity contribution >= 4 is 5.91 Å². The summed E-state index contributed by atoms with van der Waals surface area (Å²) in [6.45, 7) is 4.48. The van der Waals surface area contributed by atoms with Crippen molar-refractivity contribution in [3.63, 3.8) is 0 Å². The molecule has 1 aromatic heterocycles. The summed E-state index contributed by atoms with van der Waals surface area (Å²) >= 11 is 0. The van der Waals surface area contributed by atoms with Gasteiger partial charge in [-0.25, -0.2) is 0 Å². The molecule has 0 saturated carbocycles. The van der Waals surface area contributed by atoms with Crippen molar-refractivity contribution in [2.45, 2.75) is 32.7 Å². The Labute approximate surface area is 96.3 Å². The number of hydrogen-bond acceptors (Lipinski definition) is 3. The first kappa shape index (κ1) is 12.6. The Bertz CT molecular complexity index is 352. The van der Waals surface area contributed by atoms with Crippen molar-refractivity contribution in [3.05, 3.63) is 29.6 Å². The number of rotatable bonds is 5. The Balaban J connectivity index is 2.44. The summed E-state index contributed by atoms with van der Waals surface area (Å²) < 4.78 is 0. The van der Waals surface area contributed by atoms with E-state index in [0.29, 0.717) is 12.1 Å². The number of carbonyl (C=O) groups excluding carboxylic acids is 1. The molecule has 1 aromatic rings. The molecule has 4 heteroatoms. The van der Waals surface area contributed by atoms with Gasteiger partial charge in [-0.2, -0.15) is 0 Å². The molecule has 16 heavy (non-hydrogen) atoms. The second-order valence-corrected chi connectivity index (χ2v) is 3.85. The van der Waals surface area contributed by atoms with Crippen molar-refractivity contribution in [1.82, 2.24) is 10.3 Å². The van der Waals surface area contributed by atoms with Gasteiger partial charge in [0, 0.05) is 24.5 Å². The summed E-state index contributed by atoms with van der Waals surface area (Å²) in [6.07, 6.45) is 3.42. The average molecular weight is 221 g/mol. The molecule has 1 atom stereocenters. The number of hydrogen-bond donors (Lipinski definition) is 2. The third-order valence-electron chi connectivity index (χ3n) is 2.58. The first-order valence-corrected chi connectivity index (χ1v) is 5.60. The highest BCUT2D eigenvalue weighted by Gasteiger charge is 2.08. The standard InChI is InChI=1S/C12H19N3O/c1-3-10(13)6-8-15-12(16)11-5-4-7-14-9(11)2/h4-5,7,10H,3,6,8,13H2,1-2H3,(H,15,16). The van der Waals surface area contributed by atoms with Crippen molar-refractivity contribution in [1.29, 1.82) is 0 Å². The van der Waals surface area contributed by atoms with E-state index in [-0.39, 0.29) is 11.9 Å². The maximum absolute atomic E-state index is 11.7. The number of nitrogens with two attached hydrogens (primary N) is 1.